The minimum atomic E-state index is -0.0617. The van der Waals surface area contributed by atoms with E-state index in [-0.39, 0.29) is 11.9 Å². The molecular weight excluding hydrogens is 192 g/mol. The lowest BCUT2D eigenvalue weighted by Crippen LogP contribution is -2.54. The zero-order chi connectivity index (χ0) is 10.8. The van der Waals surface area contributed by atoms with Crippen molar-refractivity contribution in [3.05, 3.63) is 0 Å². The lowest BCUT2D eigenvalue weighted by Gasteiger charge is -2.35. The Bertz CT molecular complexity index is 238. The highest BCUT2D eigenvalue weighted by atomic mass is 16.2. The highest BCUT2D eigenvalue weighted by Gasteiger charge is 2.32. The highest BCUT2D eigenvalue weighted by Crippen LogP contribution is 2.16. The van der Waals surface area contributed by atoms with Gasteiger partial charge in [-0.3, -0.25) is 10.6 Å². The molecule has 2 fully saturated rings. The Morgan fingerprint density at radius 1 is 1.20 bits per heavy atom. The van der Waals surface area contributed by atoms with Crippen molar-refractivity contribution in [3.8, 4) is 0 Å². The molecule has 15 heavy (non-hydrogen) atoms. The second-order valence-corrected chi connectivity index (χ2v) is 4.52. The summed E-state index contributed by atoms with van der Waals surface area (Å²) in [5.74, 6) is 6.01. The summed E-state index contributed by atoms with van der Waals surface area (Å²) in [6.45, 7) is 4.50. The standard InChI is InChI=1S/C10H20N4O/c1-12-5-7-13(8-6-12)10(15)9-3-2-4-14(9)11/h9H,2-8,11H2,1H3/t9-/m0/s1. The zero-order valence-electron chi connectivity index (χ0n) is 9.35. The molecule has 0 aromatic carbocycles. The van der Waals surface area contributed by atoms with Gasteiger partial charge in [0, 0.05) is 32.7 Å². The number of carbonyl (C=O) groups is 1. The predicted octanol–water partition coefficient (Wildman–Crippen LogP) is -0.901. The Morgan fingerprint density at radius 2 is 1.87 bits per heavy atom. The van der Waals surface area contributed by atoms with Gasteiger partial charge in [-0.05, 0) is 19.9 Å². The van der Waals surface area contributed by atoms with Gasteiger partial charge < -0.3 is 9.80 Å². The molecule has 1 atom stereocenters. The van der Waals surface area contributed by atoms with E-state index in [4.69, 9.17) is 5.84 Å². The Morgan fingerprint density at radius 3 is 2.40 bits per heavy atom. The van der Waals surface area contributed by atoms with Crippen LogP contribution in [0, 0.1) is 0 Å². The smallest absolute Gasteiger partial charge is 0.241 e. The Labute approximate surface area is 90.8 Å². The first kappa shape index (κ1) is 10.9. The SMILES string of the molecule is CN1CCN(C(=O)[C@@H]2CCCN2N)CC1. The van der Waals surface area contributed by atoms with Crippen LogP contribution < -0.4 is 5.84 Å². The van der Waals surface area contributed by atoms with Crippen LogP contribution in [0.5, 0.6) is 0 Å². The maximum absolute atomic E-state index is 12.1. The van der Waals surface area contributed by atoms with Crippen molar-refractivity contribution in [1.29, 1.82) is 0 Å². The summed E-state index contributed by atoms with van der Waals surface area (Å²) in [5, 5.41) is 1.70. The maximum atomic E-state index is 12.1. The van der Waals surface area contributed by atoms with Crippen LogP contribution in [0.15, 0.2) is 0 Å². The molecule has 2 heterocycles. The normalized spacial score (nSPS) is 29.7. The van der Waals surface area contributed by atoms with Gasteiger partial charge in [0.05, 0.1) is 0 Å². The molecule has 2 aliphatic heterocycles. The summed E-state index contributed by atoms with van der Waals surface area (Å²) in [6.07, 6.45) is 1.96. The minimum Gasteiger partial charge on any atom is -0.339 e. The van der Waals surface area contributed by atoms with Crippen LogP contribution in [-0.4, -0.2) is 66.5 Å². The Hall–Kier alpha value is -0.650. The second kappa shape index (κ2) is 4.47. The molecule has 0 aliphatic carbocycles. The van der Waals surface area contributed by atoms with E-state index in [0.717, 1.165) is 45.6 Å². The fourth-order valence-electron chi connectivity index (χ4n) is 2.29. The molecule has 0 bridgehead atoms. The summed E-state index contributed by atoms with van der Waals surface area (Å²) >= 11 is 0. The van der Waals surface area contributed by atoms with Crippen molar-refractivity contribution in [2.75, 3.05) is 39.8 Å². The van der Waals surface area contributed by atoms with Crippen molar-refractivity contribution in [2.24, 2.45) is 5.84 Å². The predicted molar refractivity (Wildman–Crippen MR) is 58.0 cm³/mol. The Balaban J connectivity index is 1.90. The monoisotopic (exact) mass is 212 g/mol. The summed E-state index contributed by atoms with van der Waals surface area (Å²) in [7, 11) is 2.09. The molecule has 5 heteroatoms. The van der Waals surface area contributed by atoms with Crippen LogP contribution in [0.4, 0.5) is 0 Å². The van der Waals surface area contributed by atoms with Crippen molar-refractivity contribution in [2.45, 2.75) is 18.9 Å². The average Bonchev–Trinajstić information content (AvgIpc) is 2.65. The number of amides is 1. The van der Waals surface area contributed by atoms with E-state index in [1.807, 2.05) is 4.90 Å². The number of likely N-dealkylation sites (N-methyl/N-ethyl adjacent to an activating group) is 1. The van der Waals surface area contributed by atoms with Crippen molar-refractivity contribution >= 4 is 5.91 Å². The summed E-state index contributed by atoms with van der Waals surface area (Å²) < 4.78 is 0. The van der Waals surface area contributed by atoms with Crippen molar-refractivity contribution in [1.82, 2.24) is 14.8 Å². The number of rotatable bonds is 1. The van der Waals surface area contributed by atoms with Crippen molar-refractivity contribution in [3.63, 3.8) is 0 Å². The molecule has 5 nitrogen and oxygen atoms in total. The molecular formula is C10H20N4O. The molecule has 2 saturated heterocycles. The molecule has 0 spiro atoms. The highest BCUT2D eigenvalue weighted by molar-refractivity contribution is 5.82. The van der Waals surface area contributed by atoms with Crippen LogP contribution in [0.2, 0.25) is 0 Å². The third-order valence-corrected chi connectivity index (χ3v) is 3.39. The van der Waals surface area contributed by atoms with E-state index in [2.05, 4.69) is 11.9 Å². The summed E-state index contributed by atoms with van der Waals surface area (Å²) in [6, 6.07) is -0.0617. The van der Waals surface area contributed by atoms with Gasteiger partial charge in [0.15, 0.2) is 0 Å². The lowest BCUT2D eigenvalue weighted by atomic mass is 10.2. The number of hydrogen-bond acceptors (Lipinski definition) is 4. The molecule has 2 aliphatic rings. The third kappa shape index (κ3) is 2.30. The van der Waals surface area contributed by atoms with Gasteiger partial charge in [-0.15, -0.1) is 0 Å². The molecule has 2 N–H and O–H groups in total. The van der Waals surface area contributed by atoms with E-state index in [0.29, 0.717) is 0 Å². The molecule has 0 unspecified atom stereocenters. The fraction of sp³-hybridized carbons (Fsp3) is 0.900. The van der Waals surface area contributed by atoms with E-state index in [1.165, 1.54) is 0 Å². The van der Waals surface area contributed by atoms with Crippen molar-refractivity contribution < 1.29 is 4.79 Å². The number of hydrogen-bond donors (Lipinski definition) is 1. The van der Waals surface area contributed by atoms with Gasteiger partial charge in [0.25, 0.3) is 0 Å². The number of piperazine rings is 1. The van der Waals surface area contributed by atoms with Gasteiger partial charge in [0.2, 0.25) is 5.91 Å². The summed E-state index contributed by atoms with van der Waals surface area (Å²) in [5.41, 5.74) is 0. The lowest BCUT2D eigenvalue weighted by molar-refractivity contribution is -0.137. The first-order valence-corrected chi connectivity index (χ1v) is 5.67. The minimum absolute atomic E-state index is 0.0617. The largest absolute Gasteiger partial charge is 0.339 e. The first-order valence-electron chi connectivity index (χ1n) is 5.67. The third-order valence-electron chi connectivity index (χ3n) is 3.39. The number of nitrogens with two attached hydrogens (primary N) is 1. The van der Waals surface area contributed by atoms with Gasteiger partial charge >= 0.3 is 0 Å². The molecule has 0 saturated carbocycles. The molecule has 0 aromatic heterocycles. The molecule has 86 valence electrons. The van der Waals surface area contributed by atoms with E-state index in [1.54, 1.807) is 5.01 Å². The van der Waals surface area contributed by atoms with Gasteiger partial charge in [-0.25, -0.2) is 5.01 Å². The fourth-order valence-corrected chi connectivity index (χ4v) is 2.29. The van der Waals surface area contributed by atoms with E-state index in [9.17, 15) is 4.79 Å². The van der Waals surface area contributed by atoms with E-state index >= 15 is 0 Å². The molecule has 1 amide bonds. The van der Waals surface area contributed by atoms with Crippen LogP contribution in [0.25, 0.3) is 0 Å². The number of hydrazine groups is 1. The van der Waals surface area contributed by atoms with Crippen LogP contribution >= 0.6 is 0 Å². The zero-order valence-corrected chi connectivity index (χ0v) is 9.35. The first-order chi connectivity index (χ1) is 7.18. The molecule has 2 rings (SSSR count). The van der Waals surface area contributed by atoms with Crippen LogP contribution in [0.1, 0.15) is 12.8 Å². The number of nitrogens with zero attached hydrogens (tertiary/aromatic N) is 3. The van der Waals surface area contributed by atoms with Gasteiger partial charge in [0.1, 0.15) is 6.04 Å². The number of carbonyl (C=O) groups excluding carboxylic acids is 1. The average molecular weight is 212 g/mol. The molecule has 0 aromatic rings. The quantitative estimate of drug-likeness (QED) is 0.572. The topological polar surface area (TPSA) is 52.8 Å². The van der Waals surface area contributed by atoms with Gasteiger partial charge in [-0.2, -0.15) is 0 Å². The Kier molecular flexibility index (Phi) is 3.23. The van der Waals surface area contributed by atoms with Gasteiger partial charge in [-0.1, -0.05) is 0 Å². The van der Waals surface area contributed by atoms with E-state index < -0.39 is 0 Å². The van der Waals surface area contributed by atoms with Crippen LogP contribution in [0.3, 0.4) is 0 Å². The molecule has 0 radical (unpaired) electrons. The summed E-state index contributed by atoms with van der Waals surface area (Å²) in [4.78, 5) is 16.3. The maximum Gasteiger partial charge on any atom is 0.241 e. The second-order valence-electron chi connectivity index (χ2n) is 4.52. The van der Waals surface area contributed by atoms with Crippen LogP contribution in [-0.2, 0) is 4.79 Å².